The Morgan fingerprint density at radius 3 is 2.86 bits per heavy atom. The highest BCUT2D eigenvalue weighted by molar-refractivity contribution is 5.20. The molecular weight excluding hydrogens is 172 g/mol. The lowest BCUT2D eigenvalue weighted by Gasteiger charge is -2.14. The van der Waals surface area contributed by atoms with Crippen molar-refractivity contribution in [1.82, 2.24) is 10.3 Å². The van der Waals surface area contributed by atoms with Crippen LogP contribution in [0.1, 0.15) is 32.4 Å². The molecule has 1 aromatic rings. The van der Waals surface area contributed by atoms with E-state index in [-0.39, 0.29) is 0 Å². The van der Waals surface area contributed by atoms with E-state index >= 15 is 0 Å². The molecule has 0 aromatic carbocycles. The summed E-state index contributed by atoms with van der Waals surface area (Å²) in [6, 6.07) is 4.36. The van der Waals surface area contributed by atoms with Gasteiger partial charge in [0.2, 0.25) is 0 Å². The van der Waals surface area contributed by atoms with Gasteiger partial charge in [0.15, 0.2) is 0 Å². The average molecular weight is 190 g/mol. The smallest absolute Gasteiger partial charge is 0.0523 e. The highest BCUT2D eigenvalue weighted by atomic mass is 14.9. The first-order valence-corrected chi connectivity index (χ1v) is 5.02. The van der Waals surface area contributed by atoms with Gasteiger partial charge in [-0.3, -0.25) is 4.98 Å². The lowest BCUT2D eigenvalue weighted by atomic mass is 10.1. The Labute approximate surface area is 86.1 Å². The molecule has 1 unspecified atom stereocenters. The number of hydrogen-bond acceptors (Lipinski definition) is 2. The summed E-state index contributed by atoms with van der Waals surface area (Å²) in [5.74, 6) is 0. The molecule has 0 saturated heterocycles. The molecule has 1 rings (SSSR count). The molecule has 0 bridgehead atoms. The second kappa shape index (κ2) is 5.55. The Bertz CT molecular complexity index is 286. The zero-order valence-corrected chi connectivity index (χ0v) is 9.12. The van der Waals surface area contributed by atoms with Gasteiger partial charge >= 0.3 is 0 Å². The van der Waals surface area contributed by atoms with Gasteiger partial charge in [0.1, 0.15) is 0 Å². The van der Waals surface area contributed by atoms with E-state index in [0.717, 1.165) is 6.54 Å². The Morgan fingerprint density at radius 1 is 1.57 bits per heavy atom. The van der Waals surface area contributed by atoms with E-state index in [0.29, 0.717) is 6.04 Å². The molecular formula is C12H18N2. The summed E-state index contributed by atoms with van der Waals surface area (Å²) in [6.45, 7) is 7.30. The third kappa shape index (κ3) is 3.30. The van der Waals surface area contributed by atoms with Gasteiger partial charge < -0.3 is 5.32 Å². The predicted octanol–water partition coefficient (Wildman–Crippen LogP) is 2.70. The molecule has 0 radical (unpaired) electrons. The molecule has 76 valence electrons. The number of nitrogens with zero attached hydrogens (tertiary/aromatic N) is 1. The van der Waals surface area contributed by atoms with Crippen LogP contribution in [0, 0.1) is 0 Å². The van der Waals surface area contributed by atoms with Crippen molar-refractivity contribution in [2.24, 2.45) is 0 Å². The van der Waals surface area contributed by atoms with Crippen molar-refractivity contribution in [3.8, 4) is 0 Å². The maximum atomic E-state index is 4.13. The Hall–Kier alpha value is -1.15. The fraction of sp³-hybridized carbons (Fsp3) is 0.417. The van der Waals surface area contributed by atoms with Crippen LogP contribution in [0.25, 0.3) is 0 Å². The Balaban J connectivity index is 2.83. The molecule has 1 aromatic heterocycles. The molecule has 0 aliphatic carbocycles. The summed E-state index contributed by atoms with van der Waals surface area (Å²) in [6.07, 6.45) is 5.93. The van der Waals surface area contributed by atoms with Crippen LogP contribution in [-0.4, -0.2) is 11.5 Å². The van der Waals surface area contributed by atoms with E-state index in [1.165, 1.54) is 11.1 Å². The van der Waals surface area contributed by atoms with Crippen molar-refractivity contribution >= 4 is 0 Å². The highest BCUT2D eigenvalue weighted by Gasteiger charge is 2.05. The van der Waals surface area contributed by atoms with E-state index in [2.05, 4.69) is 43.2 Å². The average Bonchev–Trinajstić information content (AvgIpc) is 2.18. The van der Waals surface area contributed by atoms with E-state index in [9.17, 15) is 0 Å². The molecule has 0 saturated carbocycles. The maximum Gasteiger partial charge on any atom is 0.0523 e. The molecule has 0 spiro atoms. The van der Waals surface area contributed by atoms with Crippen molar-refractivity contribution in [2.45, 2.75) is 26.8 Å². The molecule has 1 heterocycles. The third-order valence-electron chi connectivity index (χ3n) is 1.97. The van der Waals surface area contributed by atoms with Crippen LogP contribution in [0.15, 0.2) is 36.2 Å². The summed E-state index contributed by atoms with van der Waals surface area (Å²) >= 11 is 0. The largest absolute Gasteiger partial charge is 0.307 e. The van der Waals surface area contributed by atoms with Crippen LogP contribution in [-0.2, 0) is 0 Å². The first-order valence-electron chi connectivity index (χ1n) is 5.02. The molecule has 14 heavy (non-hydrogen) atoms. The number of aromatic nitrogens is 1. The topological polar surface area (TPSA) is 24.9 Å². The standard InChI is InChI=1S/C12H18N2/c1-4-14-12(8-10(2)3)11-6-5-7-13-9-11/h5-9,12,14H,4H2,1-3H3. The second-order valence-corrected chi connectivity index (χ2v) is 3.57. The number of allylic oxidation sites excluding steroid dienone is 1. The van der Waals surface area contributed by atoms with Crippen molar-refractivity contribution in [1.29, 1.82) is 0 Å². The minimum absolute atomic E-state index is 0.290. The first-order chi connectivity index (χ1) is 6.74. The Morgan fingerprint density at radius 2 is 2.36 bits per heavy atom. The molecule has 0 aliphatic heterocycles. The van der Waals surface area contributed by atoms with Crippen LogP contribution in [0.2, 0.25) is 0 Å². The maximum absolute atomic E-state index is 4.13. The van der Waals surface area contributed by atoms with Crippen LogP contribution in [0.5, 0.6) is 0 Å². The Kier molecular flexibility index (Phi) is 4.33. The second-order valence-electron chi connectivity index (χ2n) is 3.57. The number of likely N-dealkylation sites (N-methyl/N-ethyl adjacent to an activating group) is 1. The zero-order chi connectivity index (χ0) is 10.4. The van der Waals surface area contributed by atoms with Gasteiger partial charge in [0, 0.05) is 12.4 Å². The molecule has 0 amide bonds. The van der Waals surface area contributed by atoms with Gasteiger partial charge in [-0.05, 0) is 32.0 Å². The van der Waals surface area contributed by atoms with Crippen molar-refractivity contribution in [2.75, 3.05) is 6.54 Å². The lowest BCUT2D eigenvalue weighted by molar-refractivity contribution is 0.642. The lowest BCUT2D eigenvalue weighted by Crippen LogP contribution is -2.19. The van der Waals surface area contributed by atoms with Gasteiger partial charge in [0.25, 0.3) is 0 Å². The zero-order valence-electron chi connectivity index (χ0n) is 9.12. The number of pyridine rings is 1. The molecule has 0 aliphatic rings. The number of hydrogen-bond donors (Lipinski definition) is 1. The van der Waals surface area contributed by atoms with Crippen molar-refractivity contribution in [3.05, 3.63) is 41.7 Å². The van der Waals surface area contributed by atoms with Gasteiger partial charge in [0.05, 0.1) is 6.04 Å². The highest BCUT2D eigenvalue weighted by Crippen LogP contribution is 2.14. The minimum Gasteiger partial charge on any atom is -0.307 e. The van der Waals surface area contributed by atoms with E-state index in [1.807, 2.05) is 12.3 Å². The summed E-state index contributed by atoms with van der Waals surface area (Å²) < 4.78 is 0. The van der Waals surface area contributed by atoms with E-state index < -0.39 is 0 Å². The normalized spacial score (nSPS) is 12.2. The van der Waals surface area contributed by atoms with Crippen LogP contribution in [0.4, 0.5) is 0 Å². The number of rotatable bonds is 4. The minimum atomic E-state index is 0.290. The molecule has 0 fully saturated rings. The van der Waals surface area contributed by atoms with Gasteiger partial charge in [-0.25, -0.2) is 0 Å². The fourth-order valence-electron chi connectivity index (χ4n) is 1.39. The molecule has 2 heteroatoms. The van der Waals surface area contributed by atoms with Crippen molar-refractivity contribution in [3.63, 3.8) is 0 Å². The fourth-order valence-corrected chi connectivity index (χ4v) is 1.39. The molecule has 2 nitrogen and oxygen atoms in total. The summed E-state index contributed by atoms with van der Waals surface area (Å²) in [5, 5.41) is 3.41. The summed E-state index contributed by atoms with van der Waals surface area (Å²) in [5.41, 5.74) is 2.54. The summed E-state index contributed by atoms with van der Waals surface area (Å²) in [4.78, 5) is 4.13. The van der Waals surface area contributed by atoms with Gasteiger partial charge in [-0.2, -0.15) is 0 Å². The van der Waals surface area contributed by atoms with Crippen LogP contribution in [0.3, 0.4) is 0 Å². The first kappa shape index (κ1) is 10.9. The molecule has 1 atom stereocenters. The SMILES string of the molecule is CCNC(C=C(C)C)c1cccnc1. The number of nitrogens with one attached hydrogen (secondary N) is 1. The molecule has 1 N–H and O–H groups in total. The monoisotopic (exact) mass is 190 g/mol. The van der Waals surface area contributed by atoms with Crippen molar-refractivity contribution < 1.29 is 0 Å². The predicted molar refractivity (Wildman–Crippen MR) is 60.1 cm³/mol. The van der Waals surface area contributed by atoms with Crippen LogP contribution < -0.4 is 5.32 Å². The van der Waals surface area contributed by atoms with Crippen LogP contribution >= 0.6 is 0 Å². The third-order valence-corrected chi connectivity index (χ3v) is 1.97. The van der Waals surface area contributed by atoms with Gasteiger partial charge in [-0.15, -0.1) is 0 Å². The summed E-state index contributed by atoms with van der Waals surface area (Å²) in [7, 11) is 0. The van der Waals surface area contributed by atoms with Gasteiger partial charge in [-0.1, -0.05) is 24.6 Å². The van der Waals surface area contributed by atoms with E-state index in [4.69, 9.17) is 0 Å². The van der Waals surface area contributed by atoms with E-state index in [1.54, 1.807) is 6.20 Å². The quantitative estimate of drug-likeness (QED) is 0.738.